The number of amides is 1. The molecule has 0 atom stereocenters. The van der Waals surface area contributed by atoms with Crippen molar-refractivity contribution in [3.63, 3.8) is 0 Å². The second kappa shape index (κ2) is 9.96. The molecule has 4 rings (SSSR count). The van der Waals surface area contributed by atoms with Gasteiger partial charge in [-0.2, -0.15) is 0 Å². The van der Waals surface area contributed by atoms with E-state index in [1.54, 1.807) is 24.4 Å². The quantitative estimate of drug-likeness (QED) is 0.401. The minimum Gasteiger partial charge on any atom is -0.457 e. The lowest BCUT2D eigenvalue weighted by Gasteiger charge is -2.13. The molecule has 4 aromatic rings. The maximum atomic E-state index is 13.0. The number of nitrogens with one attached hydrogen (secondary N) is 1. The van der Waals surface area contributed by atoms with Crippen LogP contribution < -0.4 is 15.0 Å². The van der Waals surface area contributed by atoms with Crippen LogP contribution in [0.25, 0.3) is 11.1 Å². The van der Waals surface area contributed by atoms with Crippen molar-refractivity contribution in [3.8, 4) is 22.6 Å². The summed E-state index contributed by atoms with van der Waals surface area (Å²) >= 11 is 0. The van der Waals surface area contributed by atoms with Crippen molar-refractivity contribution in [1.82, 2.24) is 10.3 Å². The van der Waals surface area contributed by atoms with Crippen LogP contribution in [0.1, 0.15) is 16.1 Å². The monoisotopic (exact) mass is 441 g/mol. The van der Waals surface area contributed by atoms with Gasteiger partial charge in [0.1, 0.15) is 23.0 Å². The lowest BCUT2D eigenvalue weighted by Crippen LogP contribution is -2.23. The molecule has 0 aliphatic carbocycles. The molecule has 1 N–H and O–H groups in total. The largest absolute Gasteiger partial charge is 0.457 e. The summed E-state index contributed by atoms with van der Waals surface area (Å²) < 4.78 is 18.8. The fraction of sp³-hybridized carbons (Fsp3) is 0.111. The molecule has 0 aliphatic heterocycles. The van der Waals surface area contributed by atoms with Crippen LogP contribution in [-0.4, -0.2) is 25.0 Å². The number of aromatic nitrogens is 1. The molecule has 6 heteroatoms. The van der Waals surface area contributed by atoms with Crippen LogP contribution in [0.5, 0.6) is 11.5 Å². The molecule has 0 fully saturated rings. The highest BCUT2D eigenvalue weighted by molar-refractivity contribution is 5.93. The zero-order valence-corrected chi connectivity index (χ0v) is 18.5. The van der Waals surface area contributed by atoms with Crippen LogP contribution in [0.3, 0.4) is 0 Å². The van der Waals surface area contributed by atoms with E-state index in [-0.39, 0.29) is 11.7 Å². The molecular weight excluding hydrogens is 417 g/mol. The van der Waals surface area contributed by atoms with Gasteiger partial charge in [0.05, 0.1) is 0 Å². The van der Waals surface area contributed by atoms with E-state index in [2.05, 4.69) is 10.3 Å². The molecule has 166 valence electrons. The van der Waals surface area contributed by atoms with Crippen molar-refractivity contribution >= 4 is 11.6 Å². The van der Waals surface area contributed by atoms with Gasteiger partial charge < -0.3 is 15.0 Å². The van der Waals surface area contributed by atoms with Crippen LogP contribution >= 0.6 is 0 Å². The fourth-order valence-corrected chi connectivity index (χ4v) is 3.27. The minimum absolute atomic E-state index is 0.232. The third kappa shape index (κ3) is 5.74. The Morgan fingerprint density at radius 3 is 2.15 bits per heavy atom. The standard InChI is InChI=1S/C27H24FN3O2/c1-31(2)23-9-3-19(4-10-23)18-30-27(32)26-17-21(15-16-29-26)20-5-11-24(12-6-20)33-25-13-7-22(28)8-14-25/h3-17H,18H2,1-2H3,(H,30,32). The van der Waals surface area contributed by atoms with Gasteiger partial charge in [-0.1, -0.05) is 24.3 Å². The molecule has 0 aliphatic rings. The number of carbonyl (C=O) groups excluding carboxylic acids is 1. The van der Waals surface area contributed by atoms with Crippen molar-refractivity contribution in [3.05, 3.63) is 108 Å². The molecular formula is C27H24FN3O2. The van der Waals surface area contributed by atoms with Gasteiger partial charge in [0, 0.05) is 32.5 Å². The Balaban J connectivity index is 1.40. The van der Waals surface area contributed by atoms with Crippen LogP contribution in [0.15, 0.2) is 91.1 Å². The molecule has 5 nitrogen and oxygen atoms in total. The first-order valence-electron chi connectivity index (χ1n) is 10.5. The number of halogens is 1. The number of hydrogen-bond acceptors (Lipinski definition) is 4. The Morgan fingerprint density at radius 1 is 0.879 bits per heavy atom. The van der Waals surface area contributed by atoms with Gasteiger partial charge in [-0.15, -0.1) is 0 Å². The Kier molecular flexibility index (Phi) is 6.64. The maximum Gasteiger partial charge on any atom is 0.270 e. The molecule has 1 aromatic heterocycles. The Bertz CT molecular complexity index is 1220. The van der Waals surface area contributed by atoms with Crippen molar-refractivity contribution in [2.45, 2.75) is 6.54 Å². The Labute approximate surface area is 192 Å². The summed E-state index contributed by atoms with van der Waals surface area (Å²) in [6.45, 7) is 0.424. The van der Waals surface area contributed by atoms with E-state index in [9.17, 15) is 9.18 Å². The van der Waals surface area contributed by atoms with Gasteiger partial charge in [0.2, 0.25) is 0 Å². The lowest BCUT2D eigenvalue weighted by molar-refractivity contribution is 0.0946. The molecule has 0 saturated carbocycles. The van der Waals surface area contributed by atoms with Gasteiger partial charge in [-0.3, -0.25) is 9.78 Å². The summed E-state index contributed by atoms with van der Waals surface area (Å²) in [5, 5.41) is 2.92. The number of anilines is 1. The molecule has 0 radical (unpaired) electrons. The number of rotatable bonds is 7. The molecule has 1 amide bonds. The van der Waals surface area contributed by atoms with Gasteiger partial charge in [-0.25, -0.2) is 4.39 Å². The molecule has 3 aromatic carbocycles. The Morgan fingerprint density at radius 2 is 1.52 bits per heavy atom. The zero-order valence-electron chi connectivity index (χ0n) is 18.5. The van der Waals surface area contributed by atoms with Crippen molar-refractivity contribution in [1.29, 1.82) is 0 Å². The van der Waals surface area contributed by atoms with E-state index in [4.69, 9.17) is 4.74 Å². The van der Waals surface area contributed by atoms with Gasteiger partial charge in [-0.05, 0) is 77.4 Å². The lowest BCUT2D eigenvalue weighted by atomic mass is 10.1. The van der Waals surface area contributed by atoms with Gasteiger partial charge in [0.25, 0.3) is 5.91 Å². The second-order valence-electron chi connectivity index (χ2n) is 7.75. The first-order valence-corrected chi connectivity index (χ1v) is 10.5. The smallest absolute Gasteiger partial charge is 0.270 e. The molecule has 33 heavy (non-hydrogen) atoms. The summed E-state index contributed by atoms with van der Waals surface area (Å²) in [5.41, 5.74) is 4.27. The second-order valence-corrected chi connectivity index (χ2v) is 7.75. The van der Waals surface area contributed by atoms with E-state index < -0.39 is 0 Å². The van der Waals surface area contributed by atoms with Crippen LogP contribution in [-0.2, 0) is 6.54 Å². The predicted molar refractivity (Wildman–Crippen MR) is 128 cm³/mol. The van der Waals surface area contributed by atoms with E-state index >= 15 is 0 Å². The number of benzene rings is 3. The number of ether oxygens (including phenoxy) is 1. The normalized spacial score (nSPS) is 10.5. The first-order chi connectivity index (χ1) is 16.0. The average Bonchev–Trinajstić information content (AvgIpc) is 2.85. The highest BCUT2D eigenvalue weighted by atomic mass is 19.1. The summed E-state index contributed by atoms with van der Waals surface area (Å²) in [6, 6.07) is 25.0. The summed E-state index contributed by atoms with van der Waals surface area (Å²) in [6.07, 6.45) is 1.62. The van der Waals surface area contributed by atoms with Gasteiger partial charge >= 0.3 is 0 Å². The van der Waals surface area contributed by atoms with Crippen molar-refractivity contribution in [2.75, 3.05) is 19.0 Å². The van der Waals surface area contributed by atoms with Crippen molar-refractivity contribution in [2.24, 2.45) is 0 Å². The molecule has 0 bridgehead atoms. The van der Waals surface area contributed by atoms with Crippen molar-refractivity contribution < 1.29 is 13.9 Å². The fourth-order valence-electron chi connectivity index (χ4n) is 3.27. The highest BCUT2D eigenvalue weighted by Crippen LogP contribution is 2.26. The number of pyridine rings is 1. The van der Waals surface area contributed by atoms with E-state index in [1.807, 2.05) is 73.6 Å². The van der Waals surface area contributed by atoms with Crippen LogP contribution in [0, 0.1) is 5.82 Å². The zero-order chi connectivity index (χ0) is 23.2. The minimum atomic E-state index is -0.308. The molecule has 0 unspecified atom stereocenters. The van der Waals surface area contributed by atoms with E-state index in [0.717, 1.165) is 22.4 Å². The molecule has 1 heterocycles. The number of hydrogen-bond donors (Lipinski definition) is 1. The number of nitrogens with zero attached hydrogens (tertiary/aromatic N) is 2. The van der Waals surface area contributed by atoms with E-state index in [0.29, 0.717) is 23.7 Å². The predicted octanol–water partition coefficient (Wildman–Crippen LogP) is 5.68. The third-order valence-corrected chi connectivity index (χ3v) is 5.14. The highest BCUT2D eigenvalue weighted by Gasteiger charge is 2.09. The Hall–Kier alpha value is -4.19. The summed E-state index contributed by atoms with van der Waals surface area (Å²) in [4.78, 5) is 18.9. The topological polar surface area (TPSA) is 54.5 Å². The SMILES string of the molecule is CN(C)c1ccc(CNC(=O)c2cc(-c3ccc(Oc4ccc(F)cc4)cc3)ccn2)cc1. The van der Waals surface area contributed by atoms with Crippen LogP contribution in [0.2, 0.25) is 0 Å². The van der Waals surface area contributed by atoms with E-state index in [1.165, 1.54) is 12.1 Å². The van der Waals surface area contributed by atoms with Gasteiger partial charge in [0.15, 0.2) is 0 Å². The summed E-state index contributed by atoms with van der Waals surface area (Å²) in [5.74, 6) is 0.656. The molecule has 0 spiro atoms. The maximum absolute atomic E-state index is 13.0. The number of carbonyl (C=O) groups is 1. The average molecular weight is 442 g/mol. The third-order valence-electron chi connectivity index (χ3n) is 5.14. The molecule has 0 saturated heterocycles. The van der Waals surface area contributed by atoms with Crippen LogP contribution in [0.4, 0.5) is 10.1 Å². The summed E-state index contributed by atoms with van der Waals surface area (Å²) in [7, 11) is 3.98. The first kappa shape index (κ1) is 22.0.